The zero-order valence-electron chi connectivity index (χ0n) is 12.1. The highest BCUT2D eigenvalue weighted by Crippen LogP contribution is 2.17. The van der Waals surface area contributed by atoms with E-state index in [1.165, 1.54) is 16.7 Å². The Labute approximate surface area is 115 Å². The largest absolute Gasteiger partial charge is 0.333 e. The molecule has 0 aliphatic heterocycles. The maximum absolute atomic E-state index is 6.34. The Hall–Kier alpha value is -1.61. The topological polar surface area (TPSA) is 43.8 Å². The molecule has 0 radical (unpaired) electrons. The van der Waals surface area contributed by atoms with Crippen LogP contribution in [0.25, 0.3) is 0 Å². The van der Waals surface area contributed by atoms with Gasteiger partial charge in [-0.15, -0.1) is 0 Å². The van der Waals surface area contributed by atoms with E-state index in [1.807, 2.05) is 12.4 Å². The highest BCUT2D eigenvalue weighted by molar-refractivity contribution is 5.30. The lowest BCUT2D eigenvalue weighted by Gasteiger charge is -2.16. The number of imidazole rings is 1. The van der Waals surface area contributed by atoms with Crippen LogP contribution in [0.1, 0.15) is 41.9 Å². The van der Waals surface area contributed by atoms with Gasteiger partial charge >= 0.3 is 0 Å². The molecule has 0 spiro atoms. The number of nitrogens with two attached hydrogens (primary N) is 1. The van der Waals surface area contributed by atoms with Crippen LogP contribution >= 0.6 is 0 Å². The summed E-state index contributed by atoms with van der Waals surface area (Å²) >= 11 is 0. The normalized spacial score (nSPS) is 12.6. The van der Waals surface area contributed by atoms with Gasteiger partial charge in [-0.2, -0.15) is 0 Å². The molecule has 0 amide bonds. The van der Waals surface area contributed by atoms with Gasteiger partial charge in [0, 0.05) is 31.4 Å². The molecule has 2 rings (SSSR count). The van der Waals surface area contributed by atoms with Crippen molar-refractivity contribution in [1.29, 1.82) is 0 Å². The summed E-state index contributed by atoms with van der Waals surface area (Å²) in [5.41, 5.74) is 10.1. The van der Waals surface area contributed by atoms with Gasteiger partial charge in [0.15, 0.2) is 0 Å². The summed E-state index contributed by atoms with van der Waals surface area (Å²) < 4.78 is 2.17. The molecular formula is C16H23N3. The quantitative estimate of drug-likeness (QED) is 0.894. The Kier molecular flexibility index (Phi) is 4.38. The van der Waals surface area contributed by atoms with E-state index in [1.54, 1.807) is 0 Å². The molecule has 0 bridgehead atoms. The standard InChI is InChI=1S/C16H23N3/c1-4-5-16-18-6-7-19(16)11-15(17)14-9-12(2)8-13(3)10-14/h6-10,15H,4-5,11,17H2,1-3H3. The number of aryl methyl sites for hydroxylation is 3. The van der Waals surface area contributed by atoms with Crippen molar-refractivity contribution < 1.29 is 0 Å². The minimum absolute atomic E-state index is 0.0170. The third kappa shape index (κ3) is 3.44. The van der Waals surface area contributed by atoms with Gasteiger partial charge in [-0.1, -0.05) is 36.2 Å². The fourth-order valence-corrected chi connectivity index (χ4v) is 2.50. The molecule has 1 aromatic carbocycles. The number of rotatable bonds is 5. The van der Waals surface area contributed by atoms with Crippen LogP contribution in [0.3, 0.4) is 0 Å². The average Bonchev–Trinajstić information content (AvgIpc) is 2.76. The SMILES string of the molecule is CCCc1nccn1CC(N)c1cc(C)cc(C)c1. The third-order valence-electron chi connectivity index (χ3n) is 3.34. The van der Waals surface area contributed by atoms with E-state index in [0.29, 0.717) is 0 Å². The lowest BCUT2D eigenvalue weighted by atomic mass is 10.0. The number of hydrogen-bond acceptors (Lipinski definition) is 2. The summed E-state index contributed by atoms with van der Waals surface area (Å²) in [6.45, 7) is 7.19. The van der Waals surface area contributed by atoms with E-state index >= 15 is 0 Å². The predicted octanol–water partition coefficient (Wildman–Crippen LogP) is 3.15. The second kappa shape index (κ2) is 6.02. The number of benzene rings is 1. The fraction of sp³-hybridized carbons (Fsp3) is 0.438. The second-order valence-corrected chi connectivity index (χ2v) is 5.27. The molecule has 1 atom stereocenters. The first-order chi connectivity index (χ1) is 9.10. The van der Waals surface area contributed by atoms with E-state index < -0.39 is 0 Å². The molecular weight excluding hydrogens is 234 g/mol. The third-order valence-corrected chi connectivity index (χ3v) is 3.34. The van der Waals surface area contributed by atoms with Gasteiger partial charge in [0.2, 0.25) is 0 Å². The molecule has 0 aliphatic carbocycles. The van der Waals surface area contributed by atoms with Crippen molar-refractivity contribution in [3.63, 3.8) is 0 Å². The van der Waals surface area contributed by atoms with Crippen LogP contribution in [0.2, 0.25) is 0 Å². The molecule has 3 heteroatoms. The molecule has 1 heterocycles. The first-order valence-electron chi connectivity index (χ1n) is 6.94. The monoisotopic (exact) mass is 257 g/mol. The van der Waals surface area contributed by atoms with Crippen molar-refractivity contribution in [2.75, 3.05) is 0 Å². The maximum atomic E-state index is 6.34. The Morgan fingerprint density at radius 2 is 1.89 bits per heavy atom. The first-order valence-corrected chi connectivity index (χ1v) is 6.94. The van der Waals surface area contributed by atoms with Crippen LogP contribution in [-0.4, -0.2) is 9.55 Å². The summed E-state index contributed by atoms with van der Waals surface area (Å²) in [4.78, 5) is 4.40. The summed E-state index contributed by atoms with van der Waals surface area (Å²) in [5.74, 6) is 1.13. The zero-order chi connectivity index (χ0) is 13.8. The van der Waals surface area contributed by atoms with E-state index in [2.05, 4.69) is 48.5 Å². The van der Waals surface area contributed by atoms with Crippen molar-refractivity contribution >= 4 is 0 Å². The van der Waals surface area contributed by atoms with Crippen LogP contribution in [0.4, 0.5) is 0 Å². The number of aromatic nitrogens is 2. The number of hydrogen-bond donors (Lipinski definition) is 1. The van der Waals surface area contributed by atoms with Gasteiger partial charge < -0.3 is 10.3 Å². The lowest BCUT2D eigenvalue weighted by molar-refractivity contribution is 0.552. The molecule has 0 saturated heterocycles. The van der Waals surface area contributed by atoms with Gasteiger partial charge in [0.25, 0.3) is 0 Å². The molecule has 102 valence electrons. The second-order valence-electron chi connectivity index (χ2n) is 5.27. The van der Waals surface area contributed by atoms with Crippen molar-refractivity contribution in [3.05, 3.63) is 53.1 Å². The Morgan fingerprint density at radius 1 is 1.21 bits per heavy atom. The maximum Gasteiger partial charge on any atom is 0.108 e. The summed E-state index contributed by atoms with van der Waals surface area (Å²) in [6, 6.07) is 6.54. The van der Waals surface area contributed by atoms with Gasteiger partial charge in [-0.3, -0.25) is 0 Å². The van der Waals surface area contributed by atoms with Crippen LogP contribution < -0.4 is 5.73 Å². The molecule has 19 heavy (non-hydrogen) atoms. The van der Waals surface area contributed by atoms with Crippen molar-refractivity contribution in [2.45, 2.75) is 46.2 Å². The van der Waals surface area contributed by atoms with Crippen LogP contribution in [-0.2, 0) is 13.0 Å². The first kappa shape index (κ1) is 13.8. The fourth-order valence-electron chi connectivity index (χ4n) is 2.50. The Morgan fingerprint density at radius 3 is 2.53 bits per heavy atom. The van der Waals surface area contributed by atoms with Crippen LogP contribution in [0.5, 0.6) is 0 Å². The van der Waals surface area contributed by atoms with Crippen molar-refractivity contribution in [3.8, 4) is 0 Å². The minimum atomic E-state index is 0.0170. The van der Waals surface area contributed by atoms with E-state index in [9.17, 15) is 0 Å². The van der Waals surface area contributed by atoms with Gasteiger partial charge in [-0.05, 0) is 25.8 Å². The molecule has 2 aromatic rings. The van der Waals surface area contributed by atoms with Gasteiger partial charge in [0.1, 0.15) is 5.82 Å². The van der Waals surface area contributed by atoms with Crippen LogP contribution in [0.15, 0.2) is 30.6 Å². The zero-order valence-corrected chi connectivity index (χ0v) is 12.1. The molecule has 1 unspecified atom stereocenters. The van der Waals surface area contributed by atoms with E-state index in [0.717, 1.165) is 25.2 Å². The minimum Gasteiger partial charge on any atom is -0.333 e. The van der Waals surface area contributed by atoms with Crippen molar-refractivity contribution in [2.24, 2.45) is 5.73 Å². The molecule has 0 saturated carbocycles. The summed E-state index contributed by atoms with van der Waals surface area (Å²) in [6.07, 6.45) is 6.00. The molecule has 0 fully saturated rings. The summed E-state index contributed by atoms with van der Waals surface area (Å²) in [5, 5.41) is 0. The molecule has 2 N–H and O–H groups in total. The lowest BCUT2D eigenvalue weighted by Crippen LogP contribution is -2.19. The molecule has 1 aromatic heterocycles. The Balaban J connectivity index is 2.15. The predicted molar refractivity (Wildman–Crippen MR) is 79.1 cm³/mol. The summed E-state index contributed by atoms with van der Waals surface area (Å²) in [7, 11) is 0. The smallest absolute Gasteiger partial charge is 0.108 e. The van der Waals surface area contributed by atoms with E-state index in [-0.39, 0.29) is 6.04 Å². The highest BCUT2D eigenvalue weighted by Gasteiger charge is 2.10. The Bertz CT molecular complexity index is 522. The van der Waals surface area contributed by atoms with Gasteiger partial charge in [-0.25, -0.2) is 4.98 Å². The average molecular weight is 257 g/mol. The van der Waals surface area contributed by atoms with Crippen LogP contribution in [0, 0.1) is 13.8 Å². The van der Waals surface area contributed by atoms with E-state index in [4.69, 9.17) is 5.73 Å². The molecule has 3 nitrogen and oxygen atoms in total. The highest BCUT2D eigenvalue weighted by atomic mass is 15.1. The van der Waals surface area contributed by atoms with Crippen molar-refractivity contribution in [1.82, 2.24) is 9.55 Å². The van der Waals surface area contributed by atoms with Gasteiger partial charge in [0.05, 0.1) is 0 Å². The molecule has 0 aliphatic rings. The number of nitrogens with zero attached hydrogens (tertiary/aromatic N) is 2.